The Hall–Kier alpha value is -1.16. The van der Waals surface area contributed by atoms with Crippen molar-refractivity contribution in [2.75, 3.05) is 17.3 Å². The van der Waals surface area contributed by atoms with E-state index in [1.807, 2.05) is 37.4 Å². The summed E-state index contributed by atoms with van der Waals surface area (Å²) in [5, 5.41) is 3.19. The molecule has 16 heavy (non-hydrogen) atoms. The van der Waals surface area contributed by atoms with Crippen LogP contribution in [0.1, 0.15) is 12.0 Å². The molecule has 1 aromatic carbocycles. The Labute approximate surface area is 101 Å². The molecule has 0 radical (unpaired) electrons. The zero-order chi connectivity index (χ0) is 12.0. The second kappa shape index (κ2) is 6.43. The van der Waals surface area contributed by atoms with Crippen LogP contribution in [0.3, 0.4) is 0 Å². The predicted molar refractivity (Wildman–Crippen MR) is 70.8 cm³/mol. The summed E-state index contributed by atoms with van der Waals surface area (Å²) in [6, 6.07) is 7.61. The van der Waals surface area contributed by atoms with Crippen molar-refractivity contribution in [1.82, 2.24) is 0 Å². The maximum Gasteiger partial charge on any atom is 0.239 e. The smallest absolute Gasteiger partial charge is 0.239 e. The molecule has 1 atom stereocenters. The lowest BCUT2D eigenvalue weighted by Crippen LogP contribution is -2.36. The maximum absolute atomic E-state index is 11.3. The summed E-state index contributed by atoms with van der Waals surface area (Å²) in [5.41, 5.74) is 7.47. The quantitative estimate of drug-likeness (QED) is 0.797. The third-order valence-corrected chi connectivity index (χ3v) is 3.07. The van der Waals surface area contributed by atoms with E-state index in [-0.39, 0.29) is 11.9 Å². The molecule has 88 valence electrons. The van der Waals surface area contributed by atoms with Crippen LogP contribution in [0.15, 0.2) is 24.3 Å². The van der Waals surface area contributed by atoms with Crippen LogP contribution in [0.25, 0.3) is 0 Å². The van der Waals surface area contributed by atoms with Gasteiger partial charge in [0.25, 0.3) is 0 Å². The van der Waals surface area contributed by atoms with Gasteiger partial charge < -0.3 is 11.1 Å². The van der Waals surface area contributed by atoms with E-state index in [4.69, 9.17) is 5.73 Å². The third kappa shape index (κ3) is 3.77. The largest absolute Gasteiger partial charge is 0.373 e. The van der Waals surface area contributed by atoms with Crippen molar-refractivity contribution in [3.8, 4) is 0 Å². The molecule has 1 unspecified atom stereocenters. The van der Waals surface area contributed by atoms with Gasteiger partial charge in [-0.2, -0.15) is 11.8 Å². The highest BCUT2D eigenvalue weighted by molar-refractivity contribution is 7.98. The molecule has 0 spiro atoms. The number of nitrogens with two attached hydrogens (primary N) is 1. The van der Waals surface area contributed by atoms with Gasteiger partial charge in [0.1, 0.15) is 6.04 Å². The maximum atomic E-state index is 11.3. The minimum atomic E-state index is -0.294. The minimum absolute atomic E-state index is 0.284. The molecule has 4 heteroatoms. The van der Waals surface area contributed by atoms with E-state index >= 15 is 0 Å². The van der Waals surface area contributed by atoms with Gasteiger partial charge in [0.2, 0.25) is 5.91 Å². The first-order valence-electron chi connectivity index (χ1n) is 5.25. The number of rotatable bonds is 6. The number of thioether (sulfide) groups is 1. The molecule has 0 bridgehead atoms. The predicted octanol–water partition coefficient (Wildman–Crippen LogP) is 2.01. The molecule has 0 aliphatic heterocycles. The van der Waals surface area contributed by atoms with E-state index in [0.717, 1.165) is 23.4 Å². The molecule has 0 saturated heterocycles. The number of carbonyl (C=O) groups is 1. The topological polar surface area (TPSA) is 55.1 Å². The summed E-state index contributed by atoms with van der Waals surface area (Å²) in [6.45, 7) is 2.01. The van der Waals surface area contributed by atoms with Crippen LogP contribution >= 0.6 is 11.8 Å². The normalized spacial score (nSPS) is 12.1. The fourth-order valence-electron chi connectivity index (χ4n) is 1.44. The third-order valence-electron chi connectivity index (χ3n) is 2.43. The van der Waals surface area contributed by atoms with E-state index in [1.54, 1.807) is 11.8 Å². The monoisotopic (exact) mass is 238 g/mol. The molecule has 0 fully saturated rings. The number of primary amides is 1. The average Bonchev–Trinajstić information content (AvgIpc) is 2.26. The van der Waals surface area contributed by atoms with Gasteiger partial charge in [-0.05, 0) is 37.0 Å². The molecule has 0 heterocycles. The van der Waals surface area contributed by atoms with Crippen LogP contribution in [0.5, 0.6) is 0 Å². The number of anilines is 1. The van der Waals surface area contributed by atoms with Crippen molar-refractivity contribution in [2.24, 2.45) is 5.73 Å². The number of hydrogen-bond acceptors (Lipinski definition) is 3. The molecule has 0 saturated carbocycles. The highest BCUT2D eigenvalue weighted by Crippen LogP contribution is 2.15. The van der Waals surface area contributed by atoms with Crippen molar-refractivity contribution >= 4 is 23.4 Å². The Morgan fingerprint density at radius 2 is 2.19 bits per heavy atom. The average molecular weight is 238 g/mol. The van der Waals surface area contributed by atoms with E-state index < -0.39 is 0 Å². The lowest BCUT2D eigenvalue weighted by atomic mass is 10.1. The van der Waals surface area contributed by atoms with Crippen LogP contribution in [-0.4, -0.2) is 24.0 Å². The number of carbonyl (C=O) groups excluding carboxylic acids is 1. The number of aryl methyl sites for hydroxylation is 1. The van der Waals surface area contributed by atoms with Gasteiger partial charge in [-0.15, -0.1) is 0 Å². The van der Waals surface area contributed by atoms with Crippen LogP contribution in [-0.2, 0) is 4.79 Å². The van der Waals surface area contributed by atoms with Crippen molar-refractivity contribution < 1.29 is 4.79 Å². The van der Waals surface area contributed by atoms with Gasteiger partial charge in [0.15, 0.2) is 0 Å². The summed E-state index contributed by atoms with van der Waals surface area (Å²) < 4.78 is 0. The number of para-hydroxylation sites is 1. The number of hydrogen-bond donors (Lipinski definition) is 2. The lowest BCUT2D eigenvalue weighted by Gasteiger charge is -2.17. The van der Waals surface area contributed by atoms with Crippen LogP contribution < -0.4 is 11.1 Å². The SMILES string of the molecule is CSCCC(Nc1ccccc1C)C(N)=O. The van der Waals surface area contributed by atoms with Crippen molar-refractivity contribution in [1.29, 1.82) is 0 Å². The Kier molecular flexibility index (Phi) is 5.19. The summed E-state index contributed by atoms with van der Waals surface area (Å²) in [5.74, 6) is 0.629. The van der Waals surface area contributed by atoms with Crippen molar-refractivity contribution in [2.45, 2.75) is 19.4 Å². The Balaban J connectivity index is 2.68. The summed E-state index contributed by atoms with van der Waals surface area (Å²) in [4.78, 5) is 11.3. The van der Waals surface area contributed by atoms with Crippen LogP contribution in [0.2, 0.25) is 0 Å². The fourth-order valence-corrected chi connectivity index (χ4v) is 1.92. The van der Waals surface area contributed by atoms with Crippen molar-refractivity contribution in [3.63, 3.8) is 0 Å². The number of nitrogens with one attached hydrogen (secondary N) is 1. The van der Waals surface area contributed by atoms with Gasteiger partial charge in [0, 0.05) is 5.69 Å². The molecule has 1 rings (SSSR count). The van der Waals surface area contributed by atoms with Gasteiger partial charge in [-0.25, -0.2) is 0 Å². The molecule has 0 aliphatic rings. The first-order valence-corrected chi connectivity index (χ1v) is 6.65. The zero-order valence-corrected chi connectivity index (χ0v) is 10.5. The van der Waals surface area contributed by atoms with E-state index in [0.29, 0.717) is 0 Å². The minimum Gasteiger partial charge on any atom is -0.373 e. The molecule has 0 aromatic heterocycles. The molecule has 3 nitrogen and oxygen atoms in total. The molecular weight excluding hydrogens is 220 g/mol. The van der Waals surface area contributed by atoms with Gasteiger partial charge in [-0.1, -0.05) is 18.2 Å². The molecule has 3 N–H and O–H groups in total. The van der Waals surface area contributed by atoms with Crippen LogP contribution in [0.4, 0.5) is 5.69 Å². The first-order chi connectivity index (χ1) is 7.65. The standard InChI is InChI=1S/C12H18N2OS/c1-9-5-3-4-6-10(9)14-11(12(13)15)7-8-16-2/h3-6,11,14H,7-8H2,1-2H3,(H2,13,15). The van der Waals surface area contributed by atoms with Gasteiger partial charge in [-0.3, -0.25) is 4.79 Å². The Morgan fingerprint density at radius 3 is 2.75 bits per heavy atom. The van der Waals surface area contributed by atoms with E-state index in [1.165, 1.54) is 0 Å². The Bertz CT molecular complexity index is 355. The molecule has 1 amide bonds. The fraction of sp³-hybridized carbons (Fsp3) is 0.417. The van der Waals surface area contributed by atoms with E-state index in [2.05, 4.69) is 5.32 Å². The van der Waals surface area contributed by atoms with E-state index in [9.17, 15) is 4.79 Å². The summed E-state index contributed by atoms with van der Waals surface area (Å²) in [6.07, 6.45) is 2.77. The lowest BCUT2D eigenvalue weighted by molar-refractivity contribution is -0.118. The van der Waals surface area contributed by atoms with Gasteiger partial charge in [0.05, 0.1) is 0 Å². The van der Waals surface area contributed by atoms with Crippen molar-refractivity contribution in [3.05, 3.63) is 29.8 Å². The highest BCUT2D eigenvalue weighted by atomic mass is 32.2. The summed E-state index contributed by atoms with van der Waals surface area (Å²) in [7, 11) is 0. The number of amides is 1. The second-order valence-corrected chi connectivity index (χ2v) is 4.68. The van der Waals surface area contributed by atoms with Gasteiger partial charge >= 0.3 is 0 Å². The first kappa shape index (κ1) is 12.9. The molecule has 0 aliphatic carbocycles. The second-order valence-electron chi connectivity index (χ2n) is 3.70. The highest BCUT2D eigenvalue weighted by Gasteiger charge is 2.14. The summed E-state index contributed by atoms with van der Waals surface area (Å²) >= 11 is 1.71. The molecular formula is C12H18N2OS. The zero-order valence-electron chi connectivity index (χ0n) is 9.69. The Morgan fingerprint density at radius 1 is 1.50 bits per heavy atom. The molecule has 1 aromatic rings. The number of benzene rings is 1. The van der Waals surface area contributed by atoms with Crippen LogP contribution in [0, 0.1) is 6.92 Å².